The highest BCUT2D eigenvalue weighted by molar-refractivity contribution is 5.97. The third-order valence-corrected chi connectivity index (χ3v) is 3.42. The van der Waals surface area contributed by atoms with Gasteiger partial charge >= 0.3 is 5.97 Å². The van der Waals surface area contributed by atoms with Crippen molar-refractivity contribution in [2.24, 2.45) is 0 Å². The quantitative estimate of drug-likeness (QED) is 0.774. The zero-order chi connectivity index (χ0) is 15.7. The molecule has 21 heavy (non-hydrogen) atoms. The van der Waals surface area contributed by atoms with Gasteiger partial charge in [-0.05, 0) is 6.92 Å². The number of aromatic nitrogens is 2. The normalized spacial score (nSPS) is 21.4. The molecular weight excluding hydrogens is 276 g/mol. The summed E-state index contributed by atoms with van der Waals surface area (Å²) in [6.45, 7) is 1.68. The third kappa shape index (κ3) is 2.94. The van der Waals surface area contributed by atoms with Gasteiger partial charge in [0.15, 0.2) is 0 Å². The van der Waals surface area contributed by atoms with Crippen LogP contribution in [0.1, 0.15) is 22.5 Å². The van der Waals surface area contributed by atoms with Gasteiger partial charge in [-0.1, -0.05) is 0 Å². The fraction of sp³-hybridized carbons (Fsp3) is 0.538. The molecule has 8 nitrogen and oxygen atoms in total. The standard InChI is InChI=1S/C13H18N4O4/c1-7-9(5-14-13(15-7)16(2)3)11(19)17-6-8(18)4-10(17)12(20)21/h5,8,10,18H,4,6H2,1-3H3,(H,20,21)/t8-,10+/m1/s1. The lowest BCUT2D eigenvalue weighted by Crippen LogP contribution is -2.41. The number of aliphatic hydroxyl groups excluding tert-OH is 1. The summed E-state index contributed by atoms with van der Waals surface area (Å²) in [5.41, 5.74) is 0.727. The summed E-state index contributed by atoms with van der Waals surface area (Å²) in [6.07, 6.45) is 0.609. The molecule has 0 aliphatic carbocycles. The first-order chi connectivity index (χ1) is 9.81. The molecule has 0 unspecified atom stereocenters. The monoisotopic (exact) mass is 294 g/mol. The first kappa shape index (κ1) is 15.2. The fourth-order valence-electron chi connectivity index (χ4n) is 2.31. The van der Waals surface area contributed by atoms with E-state index in [4.69, 9.17) is 5.11 Å². The van der Waals surface area contributed by atoms with Crippen LogP contribution in [0.5, 0.6) is 0 Å². The number of amides is 1. The number of aliphatic hydroxyl groups is 1. The van der Waals surface area contributed by atoms with Crippen molar-refractivity contribution in [3.05, 3.63) is 17.5 Å². The van der Waals surface area contributed by atoms with Gasteiger partial charge in [-0.3, -0.25) is 4.79 Å². The second-order valence-electron chi connectivity index (χ2n) is 5.26. The Kier molecular flexibility index (Phi) is 4.08. The smallest absolute Gasteiger partial charge is 0.326 e. The van der Waals surface area contributed by atoms with Gasteiger partial charge in [-0.15, -0.1) is 0 Å². The first-order valence-corrected chi connectivity index (χ1v) is 6.54. The summed E-state index contributed by atoms with van der Waals surface area (Å²) in [4.78, 5) is 34.8. The van der Waals surface area contributed by atoms with Crippen LogP contribution in [0.4, 0.5) is 5.95 Å². The molecule has 1 amide bonds. The largest absolute Gasteiger partial charge is 0.480 e. The van der Waals surface area contributed by atoms with E-state index in [-0.39, 0.29) is 18.5 Å². The van der Waals surface area contributed by atoms with Crippen molar-refractivity contribution >= 4 is 17.8 Å². The Labute approximate surface area is 122 Å². The van der Waals surface area contributed by atoms with Gasteiger partial charge in [0.25, 0.3) is 5.91 Å². The topological polar surface area (TPSA) is 107 Å². The molecule has 0 radical (unpaired) electrons. The number of hydrogen-bond acceptors (Lipinski definition) is 6. The van der Waals surface area contributed by atoms with Gasteiger partial charge in [-0.25, -0.2) is 14.8 Å². The number of carboxylic acid groups (broad SMARTS) is 1. The van der Waals surface area contributed by atoms with E-state index in [1.165, 1.54) is 6.20 Å². The Morgan fingerprint density at radius 2 is 2.10 bits per heavy atom. The minimum absolute atomic E-state index is 0.00463. The Morgan fingerprint density at radius 1 is 1.43 bits per heavy atom. The summed E-state index contributed by atoms with van der Waals surface area (Å²) in [6, 6.07) is -1.01. The van der Waals surface area contributed by atoms with Crippen LogP contribution in [0.3, 0.4) is 0 Å². The maximum absolute atomic E-state index is 12.5. The summed E-state index contributed by atoms with van der Waals surface area (Å²) >= 11 is 0. The molecule has 1 aromatic heterocycles. The van der Waals surface area contributed by atoms with Crippen molar-refractivity contribution in [3.8, 4) is 0 Å². The Morgan fingerprint density at radius 3 is 2.62 bits per heavy atom. The lowest BCUT2D eigenvalue weighted by molar-refractivity contribution is -0.141. The SMILES string of the molecule is Cc1nc(N(C)C)ncc1C(=O)N1C[C@H](O)C[C@H]1C(=O)O. The summed E-state index contributed by atoms with van der Waals surface area (Å²) in [5.74, 6) is -1.12. The van der Waals surface area contributed by atoms with E-state index in [2.05, 4.69) is 9.97 Å². The van der Waals surface area contributed by atoms with Crippen LogP contribution in [-0.2, 0) is 4.79 Å². The molecule has 0 spiro atoms. The number of carbonyl (C=O) groups is 2. The van der Waals surface area contributed by atoms with Gasteiger partial charge in [0.05, 0.1) is 17.4 Å². The number of hydrogen-bond donors (Lipinski definition) is 2. The molecule has 1 aromatic rings. The number of aliphatic carboxylic acids is 1. The average molecular weight is 294 g/mol. The number of β-amino-alcohol motifs (C(OH)–C–C–N with tert-alkyl or cyclic N) is 1. The molecule has 0 aromatic carbocycles. The van der Waals surface area contributed by atoms with Gasteiger partial charge in [-0.2, -0.15) is 0 Å². The van der Waals surface area contributed by atoms with E-state index in [1.54, 1.807) is 25.9 Å². The van der Waals surface area contributed by atoms with Gasteiger partial charge < -0.3 is 20.0 Å². The maximum atomic E-state index is 12.5. The predicted octanol–water partition coefficient (Wildman–Crippen LogP) is -0.489. The van der Waals surface area contributed by atoms with E-state index in [1.807, 2.05) is 0 Å². The zero-order valence-corrected chi connectivity index (χ0v) is 12.1. The number of carboxylic acids is 1. The highest BCUT2D eigenvalue weighted by Crippen LogP contribution is 2.22. The van der Waals surface area contributed by atoms with Crippen molar-refractivity contribution in [2.45, 2.75) is 25.5 Å². The summed E-state index contributed by atoms with van der Waals surface area (Å²) in [5, 5.41) is 18.7. The van der Waals surface area contributed by atoms with Crippen LogP contribution >= 0.6 is 0 Å². The van der Waals surface area contributed by atoms with Gasteiger partial charge in [0.1, 0.15) is 6.04 Å². The zero-order valence-electron chi connectivity index (χ0n) is 12.1. The molecule has 1 saturated heterocycles. The van der Waals surface area contributed by atoms with E-state index in [0.717, 1.165) is 4.90 Å². The molecule has 1 fully saturated rings. The van der Waals surface area contributed by atoms with Crippen molar-refractivity contribution in [3.63, 3.8) is 0 Å². The minimum Gasteiger partial charge on any atom is -0.480 e. The Bertz CT molecular complexity index is 575. The van der Waals surface area contributed by atoms with Crippen molar-refractivity contribution in [1.29, 1.82) is 0 Å². The first-order valence-electron chi connectivity index (χ1n) is 6.54. The molecule has 2 rings (SSSR count). The molecule has 0 bridgehead atoms. The van der Waals surface area contributed by atoms with Crippen molar-refractivity contribution in [1.82, 2.24) is 14.9 Å². The molecule has 0 saturated carbocycles. The molecule has 114 valence electrons. The molecule has 8 heteroatoms. The number of likely N-dealkylation sites (tertiary alicyclic amines) is 1. The number of carbonyl (C=O) groups excluding carboxylic acids is 1. The molecule has 1 aliphatic heterocycles. The molecular formula is C13H18N4O4. The van der Waals surface area contributed by atoms with Crippen LogP contribution < -0.4 is 4.90 Å². The highest BCUT2D eigenvalue weighted by Gasteiger charge is 2.39. The fourth-order valence-corrected chi connectivity index (χ4v) is 2.31. The van der Waals surface area contributed by atoms with Gasteiger partial charge in [0.2, 0.25) is 5.95 Å². The van der Waals surface area contributed by atoms with E-state index in [9.17, 15) is 14.7 Å². The van der Waals surface area contributed by atoms with E-state index >= 15 is 0 Å². The highest BCUT2D eigenvalue weighted by atomic mass is 16.4. The minimum atomic E-state index is -1.12. The number of aryl methyl sites for hydroxylation is 1. The predicted molar refractivity (Wildman–Crippen MR) is 74.2 cm³/mol. The summed E-state index contributed by atoms with van der Waals surface area (Å²) in [7, 11) is 3.57. The van der Waals surface area contributed by atoms with Crippen molar-refractivity contribution in [2.75, 3.05) is 25.5 Å². The van der Waals surface area contributed by atoms with Gasteiger partial charge in [0, 0.05) is 33.3 Å². The lowest BCUT2D eigenvalue weighted by atomic mass is 10.1. The second-order valence-corrected chi connectivity index (χ2v) is 5.26. The lowest BCUT2D eigenvalue weighted by Gasteiger charge is -2.22. The van der Waals surface area contributed by atoms with Crippen LogP contribution in [0.15, 0.2) is 6.20 Å². The third-order valence-electron chi connectivity index (χ3n) is 3.42. The second kappa shape index (κ2) is 5.65. The Balaban J connectivity index is 2.29. The van der Waals surface area contributed by atoms with Crippen molar-refractivity contribution < 1.29 is 19.8 Å². The number of rotatable bonds is 3. The Hall–Kier alpha value is -2.22. The van der Waals surface area contributed by atoms with E-state index < -0.39 is 24.0 Å². The van der Waals surface area contributed by atoms with Crippen LogP contribution in [0, 0.1) is 6.92 Å². The molecule has 2 N–H and O–H groups in total. The average Bonchev–Trinajstić information content (AvgIpc) is 2.80. The van der Waals surface area contributed by atoms with Crippen LogP contribution in [0.2, 0.25) is 0 Å². The van der Waals surface area contributed by atoms with E-state index in [0.29, 0.717) is 11.6 Å². The van der Waals surface area contributed by atoms with Crippen LogP contribution in [0.25, 0.3) is 0 Å². The number of anilines is 1. The molecule has 1 aliphatic rings. The van der Waals surface area contributed by atoms with Crippen LogP contribution in [-0.4, -0.2) is 69.7 Å². The number of nitrogens with zero attached hydrogens (tertiary/aromatic N) is 4. The molecule has 2 atom stereocenters. The molecule has 2 heterocycles. The summed E-state index contributed by atoms with van der Waals surface area (Å²) < 4.78 is 0. The maximum Gasteiger partial charge on any atom is 0.326 e.